The summed E-state index contributed by atoms with van der Waals surface area (Å²) in [5.41, 5.74) is 0.748. The minimum atomic E-state index is -1.01. The molecule has 0 fully saturated rings. The number of aryl methyl sites for hydroxylation is 1. The van der Waals surface area contributed by atoms with Gasteiger partial charge in [-0.1, -0.05) is 35.9 Å². The fraction of sp³-hybridized carbons (Fsp3) is 0.0870. The van der Waals surface area contributed by atoms with Crippen molar-refractivity contribution in [3.8, 4) is 0 Å². The maximum Gasteiger partial charge on any atom is 0.296 e. The number of carbonyl (C=O) groups excluding carboxylic acids is 1. The maximum absolute atomic E-state index is 14.8. The molecular weight excluding hydrogens is 407 g/mol. The summed E-state index contributed by atoms with van der Waals surface area (Å²) in [6.07, 6.45) is 0. The average Bonchev–Trinajstić information content (AvgIpc) is 3.01. The lowest BCUT2D eigenvalue weighted by molar-refractivity contribution is 0.0970. The van der Waals surface area contributed by atoms with Crippen LogP contribution in [0.4, 0.5) is 10.2 Å². The first kappa shape index (κ1) is 18.5. The molecule has 0 bridgehead atoms. The molecule has 4 aromatic rings. The van der Waals surface area contributed by atoms with Crippen LogP contribution in [0.5, 0.6) is 0 Å². The second-order valence-electron chi connectivity index (χ2n) is 7.05. The second-order valence-corrected chi connectivity index (χ2v) is 7.49. The van der Waals surface area contributed by atoms with E-state index < -0.39 is 23.2 Å². The summed E-state index contributed by atoms with van der Waals surface area (Å²) in [6, 6.07) is 14.8. The number of fused-ring (bicyclic) bond motifs is 2. The fourth-order valence-corrected chi connectivity index (χ4v) is 4.01. The van der Waals surface area contributed by atoms with Crippen molar-refractivity contribution < 1.29 is 13.6 Å². The van der Waals surface area contributed by atoms with E-state index in [0.717, 1.165) is 0 Å². The van der Waals surface area contributed by atoms with Crippen molar-refractivity contribution in [3.63, 3.8) is 0 Å². The summed E-state index contributed by atoms with van der Waals surface area (Å²) in [5.74, 6) is -0.899. The molecule has 30 heavy (non-hydrogen) atoms. The second kappa shape index (κ2) is 6.78. The van der Waals surface area contributed by atoms with Gasteiger partial charge in [0.2, 0.25) is 5.76 Å². The van der Waals surface area contributed by atoms with E-state index in [4.69, 9.17) is 16.0 Å². The highest BCUT2D eigenvalue weighted by Gasteiger charge is 2.45. The monoisotopic (exact) mass is 420 g/mol. The Bertz CT molecular complexity index is 1400. The molecular formula is C23H14ClFN2O3. The van der Waals surface area contributed by atoms with Crippen LogP contribution >= 0.6 is 11.6 Å². The Balaban J connectivity index is 1.86. The highest BCUT2D eigenvalue weighted by atomic mass is 35.5. The Morgan fingerprint density at radius 2 is 1.87 bits per heavy atom. The van der Waals surface area contributed by atoms with Gasteiger partial charge in [-0.2, -0.15) is 0 Å². The predicted molar refractivity (Wildman–Crippen MR) is 112 cm³/mol. The number of nitrogens with zero attached hydrogens (tertiary/aromatic N) is 2. The summed E-state index contributed by atoms with van der Waals surface area (Å²) in [5, 5.41) is 0.591. The van der Waals surface area contributed by atoms with Crippen molar-refractivity contribution in [2.75, 3.05) is 4.90 Å². The molecule has 1 atom stereocenters. The molecule has 0 N–H and O–H groups in total. The smallest absolute Gasteiger partial charge is 0.296 e. The van der Waals surface area contributed by atoms with Crippen LogP contribution in [0.3, 0.4) is 0 Å². The predicted octanol–water partition coefficient (Wildman–Crippen LogP) is 5.04. The number of benzene rings is 2. The van der Waals surface area contributed by atoms with Gasteiger partial charge in [0.15, 0.2) is 5.43 Å². The summed E-state index contributed by atoms with van der Waals surface area (Å²) >= 11 is 6.06. The number of pyridine rings is 1. The number of anilines is 1. The number of hydrogen-bond acceptors (Lipinski definition) is 4. The van der Waals surface area contributed by atoms with E-state index >= 15 is 0 Å². The molecule has 0 saturated heterocycles. The largest absolute Gasteiger partial charge is 0.450 e. The van der Waals surface area contributed by atoms with Gasteiger partial charge in [-0.3, -0.25) is 14.5 Å². The highest BCUT2D eigenvalue weighted by molar-refractivity contribution is 6.31. The molecule has 1 aliphatic heterocycles. The van der Waals surface area contributed by atoms with Gasteiger partial charge in [-0.25, -0.2) is 9.37 Å². The first-order valence-corrected chi connectivity index (χ1v) is 9.61. The Kier molecular flexibility index (Phi) is 4.18. The summed E-state index contributed by atoms with van der Waals surface area (Å²) in [7, 11) is 0. The lowest BCUT2D eigenvalue weighted by Gasteiger charge is -2.24. The van der Waals surface area contributed by atoms with E-state index in [2.05, 4.69) is 4.98 Å². The van der Waals surface area contributed by atoms with Crippen molar-refractivity contribution in [1.29, 1.82) is 0 Å². The SMILES string of the molecule is Cc1cccc(N2C(=O)c3oc4ccc(Cl)cc4c(=O)c3[C@@H]2c2ccccc2F)n1. The lowest BCUT2D eigenvalue weighted by atomic mass is 9.98. The number of aromatic nitrogens is 1. The average molecular weight is 421 g/mol. The molecule has 0 radical (unpaired) electrons. The molecule has 1 aliphatic rings. The fourth-order valence-electron chi connectivity index (χ4n) is 3.84. The van der Waals surface area contributed by atoms with E-state index in [1.165, 1.54) is 23.1 Å². The zero-order chi connectivity index (χ0) is 21.0. The Labute approximate surface area is 175 Å². The van der Waals surface area contributed by atoms with Crippen LogP contribution in [0.15, 0.2) is 69.9 Å². The van der Waals surface area contributed by atoms with E-state index in [0.29, 0.717) is 16.5 Å². The summed E-state index contributed by atoms with van der Waals surface area (Å²) in [4.78, 5) is 32.5. The molecule has 0 aliphatic carbocycles. The van der Waals surface area contributed by atoms with Gasteiger partial charge in [-0.15, -0.1) is 0 Å². The molecule has 2 aromatic carbocycles. The van der Waals surface area contributed by atoms with Crippen molar-refractivity contribution >= 4 is 34.3 Å². The van der Waals surface area contributed by atoms with Crippen LogP contribution in [0, 0.1) is 12.7 Å². The molecule has 3 heterocycles. The summed E-state index contributed by atoms with van der Waals surface area (Å²) < 4.78 is 20.7. The van der Waals surface area contributed by atoms with Crippen LogP contribution in [0.1, 0.15) is 33.4 Å². The lowest BCUT2D eigenvalue weighted by Crippen LogP contribution is -2.31. The molecule has 0 saturated carbocycles. The van der Waals surface area contributed by atoms with Gasteiger partial charge >= 0.3 is 0 Å². The molecule has 1 amide bonds. The topological polar surface area (TPSA) is 63.4 Å². The van der Waals surface area contributed by atoms with Crippen LogP contribution in [0.25, 0.3) is 11.0 Å². The maximum atomic E-state index is 14.8. The standard InChI is InChI=1S/C23H14ClFN2O3/c1-12-5-4-8-18(26-12)27-20(14-6-2-3-7-16(14)25)19-21(28)15-11-13(24)9-10-17(15)30-22(19)23(27)29/h2-11,20H,1H3/t20-/m0/s1. The van der Waals surface area contributed by atoms with Crippen molar-refractivity contribution in [2.45, 2.75) is 13.0 Å². The van der Waals surface area contributed by atoms with E-state index in [-0.39, 0.29) is 27.9 Å². The number of carbonyl (C=O) groups is 1. The third-order valence-corrected chi connectivity index (χ3v) is 5.39. The van der Waals surface area contributed by atoms with Gasteiger partial charge in [0.25, 0.3) is 5.91 Å². The van der Waals surface area contributed by atoms with Crippen LogP contribution in [-0.2, 0) is 0 Å². The molecule has 5 nitrogen and oxygen atoms in total. The number of halogens is 2. The minimum Gasteiger partial charge on any atom is -0.450 e. The van der Waals surface area contributed by atoms with Crippen molar-refractivity contribution in [1.82, 2.24) is 4.98 Å². The highest BCUT2D eigenvalue weighted by Crippen LogP contribution is 2.41. The Morgan fingerprint density at radius 1 is 1.07 bits per heavy atom. The number of rotatable bonds is 2. The Morgan fingerprint density at radius 3 is 2.63 bits per heavy atom. The molecule has 0 unspecified atom stereocenters. The van der Waals surface area contributed by atoms with Gasteiger partial charge in [-0.05, 0) is 43.3 Å². The third-order valence-electron chi connectivity index (χ3n) is 5.15. The normalized spacial score (nSPS) is 15.6. The molecule has 0 spiro atoms. The van der Waals surface area contributed by atoms with Crippen molar-refractivity contribution in [3.05, 3.63) is 104 Å². The third kappa shape index (κ3) is 2.72. The van der Waals surface area contributed by atoms with Crippen molar-refractivity contribution in [2.24, 2.45) is 0 Å². The quantitative estimate of drug-likeness (QED) is 0.456. The van der Waals surface area contributed by atoms with E-state index in [9.17, 15) is 14.0 Å². The molecule has 148 valence electrons. The molecule has 7 heteroatoms. The Hall–Kier alpha value is -3.51. The molecule has 2 aromatic heterocycles. The zero-order valence-corrected chi connectivity index (χ0v) is 16.5. The van der Waals surface area contributed by atoms with Gasteiger partial charge < -0.3 is 4.42 Å². The first-order valence-electron chi connectivity index (χ1n) is 9.23. The van der Waals surface area contributed by atoms with E-state index in [1.807, 2.05) is 0 Å². The summed E-state index contributed by atoms with van der Waals surface area (Å²) in [6.45, 7) is 1.79. The zero-order valence-electron chi connectivity index (χ0n) is 15.7. The van der Waals surface area contributed by atoms with Crippen LogP contribution in [-0.4, -0.2) is 10.9 Å². The molecule has 5 rings (SSSR count). The number of hydrogen-bond donors (Lipinski definition) is 0. The minimum absolute atomic E-state index is 0.0724. The number of amides is 1. The van der Waals surface area contributed by atoms with Gasteiger partial charge in [0, 0.05) is 16.3 Å². The van der Waals surface area contributed by atoms with Crippen LogP contribution in [0.2, 0.25) is 5.02 Å². The van der Waals surface area contributed by atoms with Gasteiger partial charge in [0.05, 0.1) is 17.0 Å². The first-order chi connectivity index (χ1) is 14.5. The van der Waals surface area contributed by atoms with Crippen LogP contribution < -0.4 is 10.3 Å². The van der Waals surface area contributed by atoms with E-state index in [1.54, 1.807) is 49.4 Å². The van der Waals surface area contributed by atoms with Gasteiger partial charge in [0.1, 0.15) is 17.2 Å².